The molecule has 29 heavy (non-hydrogen) atoms. The number of carbonyl (C=O) groups is 1. The zero-order valence-corrected chi connectivity index (χ0v) is 17.4. The molecular weight excluding hydrogens is 390 g/mol. The molecule has 3 rings (SSSR count). The highest BCUT2D eigenvalue weighted by Crippen LogP contribution is 2.35. The lowest BCUT2D eigenvalue weighted by Crippen LogP contribution is -2.09. The van der Waals surface area contributed by atoms with E-state index in [0.717, 1.165) is 22.6 Å². The second-order valence-electron chi connectivity index (χ2n) is 6.34. The van der Waals surface area contributed by atoms with Gasteiger partial charge in [0.15, 0.2) is 0 Å². The van der Waals surface area contributed by atoms with Crippen LogP contribution in [0.4, 0.5) is 5.69 Å². The minimum absolute atomic E-state index is 0.307. The van der Waals surface area contributed by atoms with Gasteiger partial charge in [-0.3, -0.25) is 4.79 Å². The zero-order valence-electron chi connectivity index (χ0n) is 16.7. The second-order valence-corrected chi connectivity index (χ2v) is 6.75. The normalized spacial score (nSPS) is 10.9. The van der Waals surface area contributed by atoms with Crippen molar-refractivity contribution in [2.45, 2.75) is 13.8 Å². The molecule has 2 aromatic carbocycles. The van der Waals surface area contributed by atoms with Crippen LogP contribution >= 0.6 is 11.6 Å². The maximum atomic E-state index is 12.5. The molecule has 0 aliphatic carbocycles. The molecular formula is C22H22ClN3O3. The van der Waals surface area contributed by atoms with Crippen molar-refractivity contribution >= 4 is 29.3 Å². The maximum absolute atomic E-state index is 12.5. The number of aryl methyl sites for hydroxylation is 1. The van der Waals surface area contributed by atoms with Gasteiger partial charge in [0, 0.05) is 29.5 Å². The summed E-state index contributed by atoms with van der Waals surface area (Å²) in [6.45, 7) is 3.88. The topological polar surface area (TPSA) is 65.4 Å². The van der Waals surface area contributed by atoms with Crippen LogP contribution in [0.15, 0.2) is 48.5 Å². The maximum Gasteiger partial charge on any atom is 0.248 e. The van der Waals surface area contributed by atoms with Gasteiger partial charge >= 0.3 is 0 Å². The molecule has 150 valence electrons. The highest BCUT2D eigenvalue weighted by Gasteiger charge is 2.13. The van der Waals surface area contributed by atoms with E-state index in [9.17, 15) is 4.79 Å². The zero-order chi connectivity index (χ0) is 21.0. The van der Waals surface area contributed by atoms with Gasteiger partial charge in [-0.05, 0) is 32.1 Å². The molecule has 0 spiro atoms. The predicted octanol–water partition coefficient (Wildman–Crippen LogP) is 4.81. The first-order chi connectivity index (χ1) is 13.9. The number of carbonyl (C=O) groups excluding carboxylic acids is 1. The van der Waals surface area contributed by atoms with Crippen molar-refractivity contribution in [3.05, 3.63) is 70.5 Å². The average Bonchev–Trinajstić information content (AvgIpc) is 3.01. The first kappa shape index (κ1) is 20.5. The summed E-state index contributed by atoms with van der Waals surface area (Å²) in [5, 5.41) is 7.78. The van der Waals surface area contributed by atoms with Crippen LogP contribution in [-0.2, 0) is 4.79 Å². The lowest BCUT2D eigenvalue weighted by molar-refractivity contribution is -0.111. The van der Waals surface area contributed by atoms with Crippen LogP contribution in [0.1, 0.15) is 17.0 Å². The van der Waals surface area contributed by atoms with Crippen LogP contribution < -0.4 is 14.8 Å². The number of ether oxygens (including phenoxy) is 2. The molecule has 0 aliphatic rings. The summed E-state index contributed by atoms with van der Waals surface area (Å²) < 4.78 is 12.4. The molecule has 0 unspecified atom stereocenters. The number of methoxy groups -OCH3 is 2. The van der Waals surface area contributed by atoms with Crippen molar-refractivity contribution in [2.75, 3.05) is 19.5 Å². The van der Waals surface area contributed by atoms with E-state index in [0.29, 0.717) is 22.2 Å². The van der Waals surface area contributed by atoms with Crippen LogP contribution in [0.5, 0.6) is 11.5 Å². The Bertz CT molecular complexity index is 1060. The van der Waals surface area contributed by atoms with Gasteiger partial charge in [0.25, 0.3) is 0 Å². The smallest absolute Gasteiger partial charge is 0.248 e. The summed E-state index contributed by atoms with van der Waals surface area (Å²) in [6.07, 6.45) is 3.22. The van der Waals surface area contributed by atoms with E-state index in [-0.39, 0.29) is 5.91 Å². The van der Waals surface area contributed by atoms with Gasteiger partial charge in [-0.25, -0.2) is 4.68 Å². The minimum Gasteiger partial charge on any atom is -0.495 e. The number of para-hydroxylation sites is 1. The van der Waals surface area contributed by atoms with Crippen molar-refractivity contribution in [1.29, 1.82) is 0 Å². The minimum atomic E-state index is -0.307. The molecule has 6 nitrogen and oxygen atoms in total. The van der Waals surface area contributed by atoms with Crippen molar-refractivity contribution in [2.24, 2.45) is 0 Å². The molecule has 0 saturated carbocycles. The number of hydrogen-bond donors (Lipinski definition) is 1. The molecule has 0 radical (unpaired) electrons. The van der Waals surface area contributed by atoms with E-state index in [4.69, 9.17) is 21.1 Å². The van der Waals surface area contributed by atoms with Crippen LogP contribution in [0, 0.1) is 13.8 Å². The Hall–Kier alpha value is -3.25. The summed E-state index contributed by atoms with van der Waals surface area (Å²) in [6, 6.07) is 13.1. The standard InChI is InChI=1S/C22H22ClN3O3/c1-14-17(15(2)26(25-14)16-8-6-5-7-9-16)10-11-22(27)24-19-13-20(28-3)18(23)12-21(19)29-4/h5-13H,1-4H3,(H,24,27)/b11-10+. The molecule has 1 amide bonds. The van der Waals surface area contributed by atoms with Gasteiger partial charge in [-0.1, -0.05) is 29.8 Å². The second kappa shape index (κ2) is 8.84. The van der Waals surface area contributed by atoms with Crippen LogP contribution in [0.3, 0.4) is 0 Å². The molecule has 3 aromatic rings. The quantitative estimate of drug-likeness (QED) is 0.591. The first-order valence-corrected chi connectivity index (χ1v) is 9.34. The molecule has 1 N–H and O–H groups in total. The molecule has 0 aliphatic heterocycles. The summed E-state index contributed by atoms with van der Waals surface area (Å²) >= 11 is 6.10. The highest BCUT2D eigenvalue weighted by atomic mass is 35.5. The van der Waals surface area contributed by atoms with Gasteiger partial charge in [0.1, 0.15) is 11.5 Å². The molecule has 0 bridgehead atoms. The molecule has 1 aromatic heterocycles. The number of halogens is 1. The molecule has 0 fully saturated rings. The lowest BCUT2D eigenvalue weighted by Gasteiger charge is -2.12. The van der Waals surface area contributed by atoms with E-state index in [2.05, 4.69) is 10.4 Å². The van der Waals surface area contributed by atoms with E-state index < -0.39 is 0 Å². The van der Waals surface area contributed by atoms with Crippen molar-refractivity contribution in [3.8, 4) is 17.2 Å². The molecule has 1 heterocycles. The van der Waals surface area contributed by atoms with Gasteiger partial charge in [0.05, 0.1) is 36.3 Å². The Labute approximate surface area is 174 Å². The largest absolute Gasteiger partial charge is 0.495 e. The number of nitrogens with zero attached hydrogens (tertiary/aromatic N) is 2. The van der Waals surface area contributed by atoms with E-state index in [1.54, 1.807) is 18.2 Å². The van der Waals surface area contributed by atoms with Gasteiger partial charge in [-0.2, -0.15) is 5.10 Å². The Morgan fingerprint density at radius 2 is 1.79 bits per heavy atom. The molecule has 0 atom stereocenters. The number of anilines is 1. The fraction of sp³-hybridized carbons (Fsp3) is 0.182. The Balaban J connectivity index is 1.83. The van der Waals surface area contributed by atoms with Gasteiger partial charge < -0.3 is 14.8 Å². The number of aromatic nitrogens is 2. The van der Waals surface area contributed by atoms with Gasteiger partial charge in [0.2, 0.25) is 5.91 Å². The lowest BCUT2D eigenvalue weighted by atomic mass is 10.2. The third kappa shape index (κ3) is 4.43. The molecule has 7 heteroatoms. The average molecular weight is 412 g/mol. The van der Waals surface area contributed by atoms with Crippen LogP contribution in [0.25, 0.3) is 11.8 Å². The Morgan fingerprint density at radius 1 is 1.10 bits per heavy atom. The Morgan fingerprint density at radius 3 is 2.45 bits per heavy atom. The van der Waals surface area contributed by atoms with E-state index in [1.165, 1.54) is 20.3 Å². The van der Waals surface area contributed by atoms with E-state index in [1.807, 2.05) is 48.9 Å². The predicted molar refractivity (Wildman–Crippen MR) is 115 cm³/mol. The SMILES string of the molecule is COc1cc(NC(=O)/C=C/c2c(C)nn(-c3ccccc3)c2C)c(OC)cc1Cl. The number of benzene rings is 2. The highest BCUT2D eigenvalue weighted by molar-refractivity contribution is 6.32. The van der Waals surface area contributed by atoms with E-state index >= 15 is 0 Å². The summed E-state index contributed by atoms with van der Waals surface area (Å²) in [4.78, 5) is 12.5. The Kier molecular flexibility index (Phi) is 6.24. The monoisotopic (exact) mass is 411 g/mol. The number of rotatable bonds is 6. The van der Waals surface area contributed by atoms with Crippen molar-refractivity contribution in [3.63, 3.8) is 0 Å². The van der Waals surface area contributed by atoms with Crippen molar-refractivity contribution in [1.82, 2.24) is 9.78 Å². The fourth-order valence-corrected chi connectivity index (χ4v) is 3.24. The first-order valence-electron chi connectivity index (χ1n) is 8.96. The van der Waals surface area contributed by atoms with Crippen molar-refractivity contribution < 1.29 is 14.3 Å². The summed E-state index contributed by atoms with van der Waals surface area (Å²) in [5.74, 6) is 0.586. The van der Waals surface area contributed by atoms with Gasteiger partial charge in [-0.15, -0.1) is 0 Å². The van der Waals surface area contributed by atoms with Crippen LogP contribution in [-0.4, -0.2) is 29.9 Å². The number of amides is 1. The summed E-state index contributed by atoms with van der Waals surface area (Å²) in [7, 11) is 3.02. The fourth-order valence-electron chi connectivity index (χ4n) is 3.01. The third-order valence-corrected chi connectivity index (χ3v) is 4.78. The van der Waals surface area contributed by atoms with Crippen LogP contribution in [0.2, 0.25) is 5.02 Å². The number of hydrogen-bond acceptors (Lipinski definition) is 4. The number of nitrogens with one attached hydrogen (secondary N) is 1. The summed E-state index contributed by atoms with van der Waals surface area (Å²) in [5.41, 5.74) is 4.11. The molecule has 0 saturated heterocycles. The third-order valence-electron chi connectivity index (χ3n) is 4.48.